The zero-order valence-electron chi connectivity index (χ0n) is 15.8. The summed E-state index contributed by atoms with van der Waals surface area (Å²) in [5.41, 5.74) is -1.58. The van der Waals surface area contributed by atoms with E-state index in [2.05, 4.69) is 0 Å². The van der Waals surface area contributed by atoms with E-state index in [1.54, 1.807) is 11.0 Å². The summed E-state index contributed by atoms with van der Waals surface area (Å²) in [6.07, 6.45) is -9.26. The number of benzene rings is 2. The highest BCUT2D eigenvalue weighted by molar-refractivity contribution is 7.89. The molecule has 0 aromatic heterocycles. The van der Waals surface area contributed by atoms with Crippen LogP contribution in [0.1, 0.15) is 16.7 Å². The van der Waals surface area contributed by atoms with E-state index >= 15 is 0 Å². The molecule has 1 saturated heterocycles. The highest BCUT2D eigenvalue weighted by Crippen LogP contribution is 2.36. The van der Waals surface area contributed by atoms with Crippen molar-refractivity contribution in [2.45, 2.75) is 23.8 Å². The van der Waals surface area contributed by atoms with Crippen molar-refractivity contribution in [3.8, 4) is 0 Å². The molecule has 1 heterocycles. The van der Waals surface area contributed by atoms with E-state index in [9.17, 15) is 34.8 Å². The minimum absolute atomic E-state index is 0.00866. The van der Waals surface area contributed by atoms with Gasteiger partial charge in [0, 0.05) is 32.7 Å². The highest BCUT2D eigenvalue weighted by atomic mass is 35.5. The summed E-state index contributed by atoms with van der Waals surface area (Å²) in [5.74, 6) is 0. The Labute approximate surface area is 180 Å². The van der Waals surface area contributed by atoms with Crippen LogP contribution in [-0.4, -0.2) is 43.8 Å². The average Bonchev–Trinajstić information content (AvgIpc) is 2.67. The molecule has 170 valence electrons. The van der Waals surface area contributed by atoms with E-state index in [0.29, 0.717) is 11.6 Å². The maximum atomic E-state index is 13.0. The summed E-state index contributed by atoms with van der Waals surface area (Å²) in [5, 5.41) is -0.600. The minimum Gasteiger partial charge on any atom is -0.296 e. The average molecular weight is 487 g/mol. The van der Waals surface area contributed by atoms with Gasteiger partial charge in [-0.25, -0.2) is 8.42 Å². The maximum absolute atomic E-state index is 13.0. The van der Waals surface area contributed by atoms with Gasteiger partial charge in [0.05, 0.1) is 21.0 Å². The smallest absolute Gasteiger partial charge is 0.296 e. The fraction of sp³-hybridized carbons (Fsp3) is 0.368. The first-order chi connectivity index (χ1) is 14.3. The minimum atomic E-state index is -4.80. The van der Waals surface area contributed by atoms with Crippen LogP contribution in [0.25, 0.3) is 0 Å². The van der Waals surface area contributed by atoms with Crippen molar-refractivity contribution in [1.82, 2.24) is 9.21 Å². The molecular weight excluding hydrogens is 470 g/mol. The number of hydrogen-bond donors (Lipinski definition) is 0. The molecule has 1 aliphatic heterocycles. The van der Waals surface area contributed by atoms with Gasteiger partial charge in [-0.2, -0.15) is 30.6 Å². The molecule has 0 amide bonds. The third kappa shape index (κ3) is 5.51. The zero-order chi connectivity index (χ0) is 23.0. The molecule has 2 aromatic rings. The highest BCUT2D eigenvalue weighted by Gasteiger charge is 2.36. The van der Waals surface area contributed by atoms with E-state index in [0.717, 1.165) is 28.6 Å². The summed E-state index contributed by atoms with van der Waals surface area (Å²) < 4.78 is 104. The zero-order valence-corrected chi connectivity index (χ0v) is 17.4. The predicted molar refractivity (Wildman–Crippen MR) is 102 cm³/mol. The molecule has 1 aliphatic rings. The standard InChI is InChI=1S/C19H17ClF6N2O2S/c20-17-5-4-15(11-16(17)19(24,25)26)31(29,30)28-8-6-27(7-9-28)12-13-2-1-3-14(10-13)18(21,22)23/h1-5,10-11H,6-9,12H2. The third-order valence-electron chi connectivity index (χ3n) is 4.87. The molecule has 0 bridgehead atoms. The first kappa shape index (κ1) is 23.8. The van der Waals surface area contributed by atoms with E-state index < -0.39 is 43.4 Å². The molecule has 0 spiro atoms. The number of nitrogens with zero attached hydrogens (tertiary/aromatic N) is 2. The Morgan fingerprint density at radius 2 is 1.52 bits per heavy atom. The molecule has 0 saturated carbocycles. The van der Waals surface area contributed by atoms with Gasteiger partial charge in [0.1, 0.15) is 0 Å². The fourth-order valence-electron chi connectivity index (χ4n) is 3.26. The summed E-state index contributed by atoms with van der Waals surface area (Å²) >= 11 is 5.55. The first-order valence-corrected chi connectivity index (χ1v) is 10.9. The quantitative estimate of drug-likeness (QED) is 0.578. The predicted octanol–water partition coefficient (Wildman–Crippen LogP) is 4.88. The summed E-state index contributed by atoms with van der Waals surface area (Å²) in [6, 6.07) is 7.27. The van der Waals surface area contributed by atoms with Crippen molar-refractivity contribution >= 4 is 21.6 Å². The normalized spacial score (nSPS) is 17.1. The van der Waals surface area contributed by atoms with Gasteiger partial charge in [0.25, 0.3) is 0 Å². The molecule has 0 radical (unpaired) electrons. The molecule has 2 aromatic carbocycles. The molecule has 1 fully saturated rings. The number of alkyl halides is 6. The number of hydrogen-bond acceptors (Lipinski definition) is 3. The topological polar surface area (TPSA) is 40.6 Å². The molecule has 0 unspecified atom stereocenters. The van der Waals surface area contributed by atoms with Crippen molar-refractivity contribution in [2.75, 3.05) is 26.2 Å². The van der Waals surface area contributed by atoms with Crippen LogP contribution in [0.5, 0.6) is 0 Å². The van der Waals surface area contributed by atoms with Crippen LogP contribution in [0.4, 0.5) is 26.3 Å². The molecular formula is C19H17ClF6N2O2S. The second-order valence-corrected chi connectivity index (χ2v) is 9.36. The largest absolute Gasteiger partial charge is 0.417 e. The Morgan fingerprint density at radius 3 is 2.10 bits per heavy atom. The van der Waals surface area contributed by atoms with E-state index in [1.807, 2.05) is 0 Å². The van der Waals surface area contributed by atoms with Crippen molar-refractivity contribution in [3.63, 3.8) is 0 Å². The second-order valence-electron chi connectivity index (χ2n) is 7.02. The lowest BCUT2D eigenvalue weighted by Crippen LogP contribution is -2.48. The lowest BCUT2D eigenvalue weighted by atomic mass is 10.1. The van der Waals surface area contributed by atoms with Gasteiger partial charge in [0.2, 0.25) is 10.0 Å². The Morgan fingerprint density at radius 1 is 0.871 bits per heavy atom. The Bertz CT molecular complexity index is 1050. The molecule has 0 N–H and O–H groups in total. The fourth-order valence-corrected chi connectivity index (χ4v) is 4.94. The molecule has 12 heteroatoms. The van der Waals surface area contributed by atoms with E-state index in [1.165, 1.54) is 6.07 Å². The molecule has 31 heavy (non-hydrogen) atoms. The third-order valence-corrected chi connectivity index (χ3v) is 7.10. The molecule has 0 atom stereocenters. The van der Waals surface area contributed by atoms with Gasteiger partial charge >= 0.3 is 12.4 Å². The van der Waals surface area contributed by atoms with Gasteiger partial charge in [-0.1, -0.05) is 29.8 Å². The van der Waals surface area contributed by atoms with Gasteiger partial charge in [0.15, 0.2) is 0 Å². The SMILES string of the molecule is O=S(=O)(c1ccc(Cl)c(C(F)(F)F)c1)N1CCN(Cc2cccc(C(F)(F)F)c2)CC1. The van der Waals surface area contributed by atoms with Gasteiger partial charge in [-0.3, -0.25) is 4.90 Å². The van der Waals surface area contributed by atoms with Crippen LogP contribution in [0.2, 0.25) is 5.02 Å². The number of sulfonamides is 1. The van der Waals surface area contributed by atoms with E-state index in [-0.39, 0.29) is 32.7 Å². The van der Waals surface area contributed by atoms with Gasteiger partial charge in [-0.15, -0.1) is 0 Å². The molecule has 4 nitrogen and oxygen atoms in total. The maximum Gasteiger partial charge on any atom is 0.417 e. The number of rotatable bonds is 4. The first-order valence-electron chi connectivity index (χ1n) is 9.04. The second kappa shape index (κ2) is 8.61. The summed E-state index contributed by atoms with van der Waals surface area (Å²) in [4.78, 5) is 1.26. The Kier molecular flexibility index (Phi) is 6.62. The van der Waals surface area contributed by atoms with Crippen LogP contribution in [0.15, 0.2) is 47.4 Å². The molecule has 0 aliphatic carbocycles. The van der Waals surface area contributed by atoms with Crippen LogP contribution in [-0.2, 0) is 28.9 Å². The summed E-state index contributed by atoms with van der Waals surface area (Å²) in [7, 11) is -4.18. The van der Waals surface area contributed by atoms with Crippen molar-refractivity contribution < 1.29 is 34.8 Å². The van der Waals surface area contributed by atoms with Crippen molar-refractivity contribution in [2.24, 2.45) is 0 Å². The van der Waals surface area contributed by atoms with Crippen molar-refractivity contribution in [1.29, 1.82) is 0 Å². The van der Waals surface area contributed by atoms with Crippen LogP contribution < -0.4 is 0 Å². The van der Waals surface area contributed by atoms with Crippen LogP contribution >= 0.6 is 11.6 Å². The number of piperazine rings is 1. The van der Waals surface area contributed by atoms with Crippen LogP contribution in [0, 0.1) is 0 Å². The van der Waals surface area contributed by atoms with E-state index in [4.69, 9.17) is 11.6 Å². The number of halogens is 7. The van der Waals surface area contributed by atoms with Gasteiger partial charge < -0.3 is 0 Å². The molecule has 3 rings (SSSR count). The van der Waals surface area contributed by atoms with Crippen molar-refractivity contribution in [3.05, 3.63) is 64.2 Å². The monoisotopic (exact) mass is 486 g/mol. The summed E-state index contributed by atoms with van der Waals surface area (Å²) in [6.45, 7) is 0.609. The van der Waals surface area contributed by atoms with Gasteiger partial charge in [-0.05, 0) is 29.8 Å². The lowest BCUT2D eigenvalue weighted by molar-refractivity contribution is -0.138. The van der Waals surface area contributed by atoms with Crippen LogP contribution in [0.3, 0.4) is 0 Å². The Hall–Kier alpha value is -1.82. The Balaban J connectivity index is 1.70. The lowest BCUT2D eigenvalue weighted by Gasteiger charge is -2.34.